The lowest BCUT2D eigenvalue weighted by Gasteiger charge is -2.27. The molecule has 0 bridgehead atoms. The van der Waals surface area contributed by atoms with Gasteiger partial charge in [-0.25, -0.2) is 0 Å². The molecule has 80 valence electrons. The molecule has 3 unspecified atom stereocenters. The number of aliphatic hydroxyl groups is 1. The van der Waals surface area contributed by atoms with E-state index in [0.717, 1.165) is 6.42 Å². The highest BCUT2D eigenvalue weighted by Gasteiger charge is 2.21. The zero-order valence-electron chi connectivity index (χ0n) is 9.58. The maximum Gasteiger partial charge on any atom is 0.0602 e. The van der Waals surface area contributed by atoms with Crippen molar-refractivity contribution in [2.24, 2.45) is 17.8 Å². The topological polar surface area (TPSA) is 29.5 Å². The van der Waals surface area contributed by atoms with Crippen LogP contribution in [0.3, 0.4) is 0 Å². The van der Waals surface area contributed by atoms with Crippen LogP contribution < -0.4 is 0 Å². The van der Waals surface area contributed by atoms with Crippen LogP contribution >= 0.6 is 0 Å². The van der Waals surface area contributed by atoms with Gasteiger partial charge in [-0.1, -0.05) is 27.7 Å². The molecule has 13 heavy (non-hydrogen) atoms. The monoisotopic (exact) mass is 188 g/mol. The van der Waals surface area contributed by atoms with Crippen molar-refractivity contribution in [1.82, 2.24) is 0 Å². The smallest absolute Gasteiger partial charge is 0.0602 e. The van der Waals surface area contributed by atoms with E-state index in [1.807, 2.05) is 0 Å². The lowest BCUT2D eigenvalue weighted by molar-refractivity contribution is 0.0177. The van der Waals surface area contributed by atoms with Gasteiger partial charge in [0.25, 0.3) is 0 Å². The van der Waals surface area contributed by atoms with Crippen molar-refractivity contribution in [3.8, 4) is 0 Å². The van der Waals surface area contributed by atoms with Crippen LogP contribution in [0.2, 0.25) is 0 Å². The molecular weight excluding hydrogens is 164 g/mol. The Morgan fingerprint density at radius 3 is 2.00 bits per heavy atom. The molecule has 0 amide bonds. The SMILES string of the molecule is COC(CC(C)CO)C(C)C(C)C. The van der Waals surface area contributed by atoms with Gasteiger partial charge in [0.1, 0.15) is 0 Å². The van der Waals surface area contributed by atoms with Gasteiger partial charge in [-0.05, 0) is 24.2 Å². The Bertz CT molecular complexity index is 123. The van der Waals surface area contributed by atoms with Crippen molar-refractivity contribution in [2.75, 3.05) is 13.7 Å². The van der Waals surface area contributed by atoms with Gasteiger partial charge in [-0.15, -0.1) is 0 Å². The summed E-state index contributed by atoms with van der Waals surface area (Å²) in [5, 5.41) is 8.94. The summed E-state index contributed by atoms with van der Waals surface area (Å²) in [6, 6.07) is 0. The Hall–Kier alpha value is -0.0800. The fourth-order valence-corrected chi connectivity index (χ4v) is 1.43. The third-order valence-electron chi connectivity index (χ3n) is 2.89. The van der Waals surface area contributed by atoms with E-state index in [0.29, 0.717) is 17.8 Å². The number of rotatable bonds is 6. The first-order chi connectivity index (χ1) is 6.02. The predicted octanol–water partition coefficient (Wildman–Crippen LogP) is 2.31. The minimum Gasteiger partial charge on any atom is -0.396 e. The van der Waals surface area contributed by atoms with E-state index in [9.17, 15) is 0 Å². The van der Waals surface area contributed by atoms with Crippen molar-refractivity contribution in [3.05, 3.63) is 0 Å². The van der Waals surface area contributed by atoms with Gasteiger partial charge in [0.05, 0.1) is 6.10 Å². The van der Waals surface area contributed by atoms with E-state index in [4.69, 9.17) is 9.84 Å². The van der Waals surface area contributed by atoms with E-state index < -0.39 is 0 Å². The molecule has 3 atom stereocenters. The summed E-state index contributed by atoms with van der Waals surface area (Å²) in [7, 11) is 1.76. The summed E-state index contributed by atoms with van der Waals surface area (Å²) in [6.45, 7) is 8.94. The van der Waals surface area contributed by atoms with Crippen LogP contribution in [-0.2, 0) is 4.74 Å². The van der Waals surface area contributed by atoms with Crippen LogP contribution in [0.4, 0.5) is 0 Å². The molecule has 0 aliphatic carbocycles. The first-order valence-corrected chi connectivity index (χ1v) is 5.16. The second kappa shape index (κ2) is 6.39. The maximum atomic E-state index is 8.94. The molecule has 0 radical (unpaired) electrons. The molecule has 0 spiro atoms. The molecule has 0 aromatic heterocycles. The van der Waals surface area contributed by atoms with E-state index in [-0.39, 0.29) is 12.7 Å². The van der Waals surface area contributed by atoms with Crippen LogP contribution in [0, 0.1) is 17.8 Å². The highest BCUT2D eigenvalue weighted by molar-refractivity contribution is 4.71. The average molecular weight is 188 g/mol. The molecular formula is C11H24O2. The van der Waals surface area contributed by atoms with E-state index in [1.54, 1.807) is 7.11 Å². The molecule has 0 aliphatic heterocycles. The van der Waals surface area contributed by atoms with Crippen molar-refractivity contribution < 1.29 is 9.84 Å². The number of methoxy groups -OCH3 is 1. The van der Waals surface area contributed by atoms with Crippen LogP contribution in [-0.4, -0.2) is 24.9 Å². The van der Waals surface area contributed by atoms with Crippen LogP contribution in [0.5, 0.6) is 0 Å². The number of aliphatic hydroxyl groups excluding tert-OH is 1. The van der Waals surface area contributed by atoms with E-state index >= 15 is 0 Å². The van der Waals surface area contributed by atoms with Crippen LogP contribution in [0.1, 0.15) is 34.1 Å². The van der Waals surface area contributed by atoms with Gasteiger partial charge in [0.2, 0.25) is 0 Å². The Kier molecular flexibility index (Phi) is 6.35. The van der Waals surface area contributed by atoms with Crippen LogP contribution in [0.25, 0.3) is 0 Å². The molecule has 0 fully saturated rings. The average Bonchev–Trinajstić information content (AvgIpc) is 2.12. The Morgan fingerprint density at radius 1 is 1.15 bits per heavy atom. The molecule has 0 rings (SSSR count). The molecule has 0 saturated carbocycles. The van der Waals surface area contributed by atoms with Crippen LogP contribution in [0.15, 0.2) is 0 Å². The molecule has 0 saturated heterocycles. The molecule has 0 aromatic carbocycles. The van der Waals surface area contributed by atoms with E-state index in [2.05, 4.69) is 27.7 Å². The first-order valence-electron chi connectivity index (χ1n) is 5.16. The zero-order chi connectivity index (χ0) is 10.4. The van der Waals surface area contributed by atoms with Crippen molar-refractivity contribution >= 4 is 0 Å². The maximum absolute atomic E-state index is 8.94. The predicted molar refractivity (Wildman–Crippen MR) is 55.7 cm³/mol. The largest absolute Gasteiger partial charge is 0.396 e. The highest BCUT2D eigenvalue weighted by atomic mass is 16.5. The van der Waals surface area contributed by atoms with E-state index in [1.165, 1.54) is 0 Å². The van der Waals surface area contributed by atoms with Gasteiger partial charge >= 0.3 is 0 Å². The molecule has 0 aliphatic rings. The quantitative estimate of drug-likeness (QED) is 0.693. The minimum absolute atomic E-state index is 0.255. The highest BCUT2D eigenvalue weighted by Crippen LogP contribution is 2.22. The zero-order valence-corrected chi connectivity index (χ0v) is 9.58. The fourth-order valence-electron chi connectivity index (χ4n) is 1.43. The number of hydrogen-bond acceptors (Lipinski definition) is 2. The summed E-state index contributed by atoms with van der Waals surface area (Å²) in [4.78, 5) is 0. The summed E-state index contributed by atoms with van der Waals surface area (Å²) in [5.74, 6) is 1.53. The first kappa shape index (κ1) is 12.9. The lowest BCUT2D eigenvalue weighted by Crippen LogP contribution is -2.27. The second-order valence-electron chi connectivity index (χ2n) is 4.40. The molecule has 2 heteroatoms. The standard InChI is InChI=1S/C11H24O2/c1-8(2)10(4)11(13-5)6-9(3)7-12/h8-12H,6-7H2,1-5H3. The Balaban J connectivity index is 4.01. The number of ether oxygens (including phenoxy) is 1. The fraction of sp³-hybridized carbons (Fsp3) is 1.00. The third-order valence-corrected chi connectivity index (χ3v) is 2.89. The van der Waals surface area contributed by atoms with Gasteiger partial charge in [-0.3, -0.25) is 0 Å². The summed E-state index contributed by atoms with van der Waals surface area (Å²) in [5.41, 5.74) is 0. The van der Waals surface area contributed by atoms with Gasteiger partial charge in [0, 0.05) is 13.7 Å². The van der Waals surface area contributed by atoms with Crippen molar-refractivity contribution in [2.45, 2.75) is 40.2 Å². The second-order valence-corrected chi connectivity index (χ2v) is 4.40. The normalized spacial score (nSPS) is 18.7. The summed E-state index contributed by atoms with van der Waals surface area (Å²) in [6.07, 6.45) is 1.23. The minimum atomic E-state index is 0.255. The van der Waals surface area contributed by atoms with Gasteiger partial charge < -0.3 is 9.84 Å². The lowest BCUT2D eigenvalue weighted by atomic mass is 9.87. The summed E-state index contributed by atoms with van der Waals surface area (Å²) >= 11 is 0. The molecule has 2 nitrogen and oxygen atoms in total. The Morgan fingerprint density at radius 2 is 1.69 bits per heavy atom. The van der Waals surface area contributed by atoms with Crippen molar-refractivity contribution in [1.29, 1.82) is 0 Å². The molecule has 1 N–H and O–H groups in total. The van der Waals surface area contributed by atoms with Gasteiger partial charge in [0.15, 0.2) is 0 Å². The molecule has 0 heterocycles. The molecule has 0 aromatic rings. The third kappa shape index (κ3) is 4.63. The summed E-state index contributed by atoms with van der Waals surface area (Å²) < 4.78 is 5.43. The Labute approximate surface area is 82.3 Å². The van der Waals surface area contributed by atoms with Crippen molar-refractivity contribution in [3.63, 3.8) is 0 Å². The van der Waals surface area contributed by atoms with Gasteiger partial charge in [-0.2, -0.15) is 0 Å². The number of hydrogen-bond donors (Lipinski definition) is 1.